The van der Waals surface area contributed by atoms with Gasteiger partial charge in [-0.15, -0.1) is 0 Å². The van der Waals surface area contributed by atoms with Crippen molar-refractivity contribution in [3.63, 3.8) is 0 Å². The van der Waals surface area contributed by atoms with Crippen LogP contribution in [0.15, 0.2) is 91.0 Å². The van der Waals surface area contributed by atoms with Gasteiger partial charge in [0.15, 0.2) is 0 Å². The summed E-state index contributed by atoms with van der Waals surface area (Å²) in [6.07, 6.45) is -2.00. The second kappa shape index (κ2) is 17.8. The molecule has 0 spiro atoms. The molecule has 1 aliphatic carbocycles. The average molecular weight is 676 g/mol. The van der Waals surface area contributed by atoms with E-state index in [1.54, 1.807) is 0 Å². The standard InChI is InChI=1S/C39H53N3O7/c1-38(2,3)48-30(43)22-41-33-35(45-24-27-16-10-7-11-17-27)32(40)36(46-25-28-18-12-8-13-19-28)34(42-23-31(44)49-39(4,5)6)37(33)47-26-29-20-14-9-15-21-29/h7-21,32-37,41-42H,22-26,40H2,1-6H3. The Morgan fingerprint density at radius 2 is 0.857 bits per heavy atom. The van der Waals surface area contributed by atoms with Crippen molar-refractivity contribution in [1.82, 2.24) is 10.6 Å². The number of rotatable bonds is 15. The molecule has 3 aromatic carbocycles. The largest absolute Gasteiger partial charge is 0.459 e. The maximum Gasteiger partial charge on any atom is 0.320 e. The van der Waals surface area contributed by atoms with Gasteiger partial charge in [-0.3, -0.25) is 20.2 Å². The molecule has 3 aromatic rings. The molecule has 266 valence electrons. The predicted octanol–water partition coefficient (Wildman–Crippen LogP) is 4.68. The number of nitrogens with two attached hydrogens (primary N) is 1. The van der Waals surface area contributed by atoms with Gasteiger partial charge in [0.2, 0.25) is 0 Å². The maximum atomic E-state index is 13.0. The molecule has 4 rings (SSSR count). The zero-order chi connectivity index (χ0) is 35.4. The van der Waals surface area contributed by atoms with Crippen molar-refractivity contribution in [2.24, 2.45) is 5.73 Å². The molecule has 0 amide bonds. The number of carbonyl (C=O) groups excluding carboxylic acids is 2. The van der Waals surface area contributed by atoms with Gasteiger partial charge in [-0.25, -0.2) is 0 Å². The van der Waals surface area contributed by atoms with Crippen LogP contribution in [0.3, 0.4) is 0 Å². The third kappa shape index (κ3) is 12.6. The topological polar surface area (TPSA) is 130 Å². The number of nitrogens with one attached hydrogen (secondary N) is 2. The first kappa shape index (κ1) is 38.2. The Labute approximate surface area is 291 Å². The summed E-state index contributed by atoms with van der Waals surface area (Å²) in [5, 5.41) is 6.76. The van der Waals surface area contributed by atoms with E-state index in [9.17, 15) is 9.59 Å². The van der Waals surface area contributed by atoms with Gasteiger partial charge in [0, 0.05) is 0 Å². The van der Waals surface area contributed by atoms with Crippen LogP contribution in [0.5, 0.6) is 0 Å². The van der Waals surface area contributed by atoms with Crippen molar-refractivity contribution in [2.75, 3.05) is 13.1 Å². The van der Waals surface area contributed by atoms with E-state index < -0.39 is 59.6 Å². The Bertz CT molecular complexity index is 1340. The van der Waals surface area contributed by atoms with Crippen molar-refractivity contribution >= 4 is 11.9 Å². The number of hydrogen-bond acceptors (Lipinski definition) is 10. The Morgan fingerprint density at radius 3 is 1.16 bits per heavy atom. The van der Waals surface area contributed by atoms with Crippen LogP contribution < -0.4 is 16.4 Å². The molecule has 1 fully saturated rings. The van der Waals surface area contributed by atoms with E-state index in [-0.39, 0.29) is 32.9 Å². The van der Waals surface area contributed by atoms with Gasteiger partial charge in [-0.05, 0) is 58.2 Å². The minimum absolute atomic E-state index is 0.112. The lowest BCUT2D eigenvalue weighted by Crippen LogP contribution is -2.74. The normalized spacial score (nSPS) is 22.8. The second-order valence-electron chi connectivity index (χ2n) is 14.3. The van der Waals surface area contributed by atoms with Crippen LogP contribution in [0.1, 0.15) is 58.2 Å². The monoisotopic (exact) mass is 675 g/mol. The molecule has 4 N–H and O–H groups in total. The van der Waals surface area contributed by atoms with E-state index in [0.717, 1.165) is 16.7 Å². The SMILES string of the molecule is CC(C)(C)OC(=O)CNC1C(OCc2ccccc2)C(N)C(OCc2ccccc2)C(NCC(=O)OC(C)(C)C)C1OCc1ccccc1. The van der Waals surface area contributed by atoms with E-state index in [2.05, 4.69) is 10.6 Å². The highest BCUT2D eigenvalue weighted by Crippen LogP contribution is 2.30. The molecule has 0 aliphatic heterocycles. The number of benzene rings is 3. The highest BCUT2D eigenvalue weighted by Gasteiger charge is 2.52. The average Bonchev–Trinajstić information content (AvgIpc) is 3.04. The van der Waals surface area contributed by atoms with Crippen molar-refractivity contribution in [1.29, 1.82) is 0 Å². The van der Waals surface area contributed by atoms with Gasteiger partial charge in [-0.2, -0.15) is 0 Å². The molecular weight excluding hydrogens is 622 g/mol. The maximum absolute atomic E-state index is 13.0. The van der Waals surface area contributed by atoms with Crippen molar-refractivity contribution in [3.05, 3.63) is 108 Å². The summed E-state index contributed by atoms with van der Waals surface area (Å²) in [7, 11) is 0. The van der Waals surface area contributed by atoms with Crippen LogP contribution in [0, 0.1) is 0 Å². The number of ether oxygens (including phenoxy) is 5. The zero-order valence-electron chi connectivity index (χ0n) is 29.6. The molecule has 10 nitrogen and oxygen atoms in total. The smallest absolute Gasteiger partial charge is 0.320 e. The van der Waals surface area contributed by atoms with Crippen molar-refractivity contribution < 1.29 is 33.3 Å². The van der Waals surface area contributed by atoms with Crippen LogP contribution in [0.4, 0.5) is 0 Å². The molecule has 0 saturated heterocycles. The van der Waals surface area contributed by atoms with Crippen molar-refractivity contribution in [2.45, 2.75) is 109 Å². The second-order valence-corrected chi connectivity index (χ2v) is 14.3. The first-order valence-corrected chi connectivity index (χ1v) is 16.9. The van der Waals surface area contributed by atoms with E-state index >= 15 is 0 Å². The van der Waals surface area contributed by atoms with Gasteiger partial charge < -0.3 is 29.4 Å². The number of carbonyl (C=O) groups is 2. The fourth-order valence-corrected chi connectivity index (χ4v) is 5.82. The lowest BCUT2D eigenvalue weighted by Gasteiger charge is -2.50. The summed E-state index contributed by atoms with van der Waals surface area (Å²) < 4.78 is 31.2. The summed E-state index contributed by atoms with van der Waals surface area (Å²) >= 11 is 0. The fourth-order valence-electron chi connectivity index (χ4n) is 5.82. The van der Waals surface area contributed by atoms with Gasteiger partial charge >= 0.3 is 11.9 Å². The highest BCUT2D eigenvalue weighted by molar-refractivity contribution is 5.72. The van der Waals surface area contributed by atoms with E-state index in [0.29, 0.717) is 0 Å². The van der Waals surface area contributed by atoms with E-state index in [4.69, 9.17) is 29.4 Å². The Balaban J connectivity index is 1.71. The first-order valence-electron chi connectivity index (χ1n) is 16.9. The third-order valence-corrected chi connectivity index (χ3v) is 7.83. The van der Waals surface area contributed by atoms with Crippen LogP contribution >= 0.6 is 0 Å². The van der Waals surface area contributed by atoms with Gasteiger partial charge in [0.05, 0.1) is 69.3 Å². The van der Waals surface area contributed by atoms with Crippen LogP contribution in [0.25, 0.3) is 0 Å². The van der Waals surface area contributed by atoms with E-state index in [1.165, 1.54) is 0 Å². The molecule has 4 atom stereocenters. The Hall–Kier alpha value is -3.64. The molecule has 0 aromatic heterocycles. The quantitative estimate of drug-likeness (QED) is 0.195. The predicted molar refractivity (Wildman–Crippen MR) is 188 cm³/mol. The molecule has 0 radical (unpaired) electrons. The van der Waals surface area contributed by atoms with Gasteiger partial charge in [-0.1, -0.05) is 91.0 Å². The summed E-state index contributed by atoms with van der Waals surface area (Å²) in [5.41, 5.74) is 8.66. The molecule has 4 unspecified atom stereocenters. The first-order chi connectivity index (χ1) is 23.3. The zero-order valence-corrected chi connectivity index (χ0v) is 29.6. The minimum atomic E-state index is -0.698. The Kier molecular flexibility index (Phi) is 13.9. The van der Waals surface area contributed by atoms with Crippen LogP contribution in [0.2, 0.25) is 0 Å². The van der Waals surface area contributed by atoms with Gasteiger partial charge in [0.25, 0.3) is 0 Å². The molecular formula is C39H53N3O7. The number of esters is 2. The minimum Gasteiger partial charge on any atom is -0.459 e. The lowest BCUT2D eigenvalue weighted by molar-refractivity contribution is -0.166. The van der Waals surface area contributed by atoms with E-state index in [1.807, 2.05) is 133 Å². The molecule has 49 heavy (non-hydrogen) atoms. The molecule has 0 bridgehead atoms. The van der Waals surface area contributed by atoms with Gasteiger partial charge in [0.1, 0.15) is 11.2 Å². The molecule has 1 saturated carbocycles. The summed E-state index contributed by atoms with van der Waals surface area (Å²) in [6, 6.07) is 27.5. The Morgan fingerprint density at radius 1 is 0.551 bits per heavy atom. The van der Waals surface area contributed by atoms with Crippen LogP contribution in [-0.4, -0.2) is 72.7 Å². The highest BCUT2D eigenvalue weighted by atomic mass is 16.6. The fraction of sp³-hybridized carbons (Fsp3) is 0.487. The molecule has 1 aliphatic rings. The summed E-state index contributed by atoms with van der Waals surface area (Å²) in [5.74, 6) is -0.851. The van der Waals surface area contributed by atoms with Crippen LogP contribution in [-0.2, 0) is 53.1 Å². The lowest BCUT2D eigenvalue weighted by atomic mass is 9.79. The number of hydrogen-bond donors (Lipinski definition) is 3. The summed E-state index contributed by atoms with van der Waals surface area (Å²) in [4.78, 5) is 26.0. The van der Waals surface area contributed by atoms with Crippen molar-refractivity contribution in [3.8, 4) is 0 Å². The molecule has 0 heterocycles. The third-order valence-electron chi connectivity index (χ3n) is 7.83. The molecule has 10 heteroatoms. The summed E-state index contributed by atoms with van der Waals surface area (Å²) in [6.45, 7) is 11.5.